The van der Waals surface area contributed by atoms with Gasteiger partial charge in [0.2, 0.25) is 0 Å². The van der Waals surface area contributed by atoms with Crippen LogP contribution in [0.1, 0.15) is 0 Å². The van der Waals surface area contributed by atoms with Crippen LogP contribution >= 0.6 is 10.9 Å². The van der Waals surface area contributed by atoms with Gasteiger partial charge in [-0.3, -0.25) is 9.89 Å². The lowest BCUT2D eigenvalue weighted by molar-refractivity contribution is 0.0426. The predicted octanol–water partition coefficient (Wildman–Crippen LogP) is 2.16. The number of nitrogens with one attached hydrogen (secondary N) is 2. The molecule has 3 heterocycles. The third-order valence-corrected chi connectivity index (χ3v) is 6.34. The van der Waals surface area contributed by atoms with Crippen molar-refractivity contribution in [2.45, 2.75) is 4.90 Å². The molecule has 6 heteroatoms. The van der Waals surface area contributed by atoms with Gasteiger partial charge >= 0.3 is 0 Å². The van der Waals surface area contributed by atoms with Crippen LogP contribution in [0.3, 0.4) is 0 Å². The summed E-state index contributed by atoms with van der Waals surface area (Å²) in [5.41, 5.74) is 2.53. The molecule has 2 N–H and O–H groups in total. The van der Waals surface area contributed by atoms with E-state index >= 15 is 0 Å². The molecule has 1 aromatic rings. The van der Waals surface area contributed by atoms with Crippen LogP contribution in [0, 0.1) is 0 Å². The van der Waals surface area contributed by atoms with Crippen molar-refractivity contribution >= 4 is 22.5 Å². The van der Waals surface area contributed by atoms with E-state index in [1.165, 1.54) is 10.5 Å². The highest BCUT2D eigenvalue weighted by Gasteiger charge is 2.14. The Labute approximate surface area is 145 Å². The molecule has 128 valence electrons. The lowest BCUT2D eigenvalue weighted by Gasteiger charge is -2.26. The van der Waals surface area contributed by atoms with Gasteiger partial charge in [0.15, 0.2) is 5.96 Å². The van der Waals surface area contributed by atoms with Gasteiger partial charge in [-0.05, 0) is 45.6 Å². The molecule has 0 aromatic heterocycles. The van der Waals surface area contributed by atoms with E-state index in [4.69, 9.17) is 4.74 Å². The molecule has 0 amide bonds. The van der Waals surface area contributed by atoms with Crippen LogP contribution in [0.5, 0.6) is 0 Å². The Morgan fingerprint density at radius 1 is 1.21 bits per heavy atom. The van der Waals surface area contributed by atoms with Crippen LogP contribution in [0.15, 0.2) is 56.6 Å². The van der Waals surface area contributed by atoms with Crippen LogP contribution < -0.4 is 10.6 Å². The molecule has 24 heavy (non-hydrogen) atoms. The number of aliphatic imine (C=N–C) groups is 1. The minimum atomic E-state index is -0.308. The van der Waals surface area contributed by atoms with E-state index < -0.39 is 0 Å². The van der Waals surface area contributed by atoms with Crippen molar-refractivity contribution in [3.8, 4) is 0 Å². The monoisotopic (exact) mass is 344 g/mol. The summed E-state index contributed by atoms with van der Waals surface area (Å²) in [4.78, 5) is 8.23. The number of nitrogens with zero attached hydrogens (tertiary/aromatic N) is 2. The van der Waals surface area contributed by atoms with E-state index in [-0.39, 0.29) is 10.9 Å². The molecule has 1 fully saturated rings. The third kappa shape index (κ3) is 3.83. The normalized spacial score (nSPS) is 25.2. The highest BCUT2D eigenvalue weighted by atomic mass is 32.2. The number of rotatable bonds is 4. The number of morpholine rings is 1. The van der Waals surface area contributed by atoms with Crippen molar-refractivity contribution in [2.75, 3.05) is 51.3 Å². The number of benzene rings is 1. The Hall–Kier alpha value is -1.76. The highest BCUT2D eigenvalue weighted by Crippen LogP contribution is 2.44. The molecule has 0 bridgehead atoms. The zero-order valence-electron chi connectivity index (χ0n) is 13.7. The number of ether oxygens (including phenoxy) is 1. The van der Waals surface area contributed by atoms with Crippen molar-refractivity contribution < 1.29 is 4.74 Å². The fourth-order valence-corrected chi connectivity index (χ4v) is 4.83. The second-order valence-corrected chi connectivity index (χ2v) is 8.03. The molecule has 4 rings (SSSR count). The van der Waals surface area contributed by atoms with Crippen molar-refractivity contribution in [3.63, 3.8) is 0 Å². The minimum Gasteiger partial charge on any atom is -0.379 e. The summed E-state index contributed by atoms with van der Waals surface area (Å²) < 4.78 is 5.42. The lowest BCUT2D eigenvalue weighted by atomic mass is 10.2. The minimum absolute atomic E-state index is 0.308. The van der Waals surface area contributed by atoms with Crippen molar-refractivity contribution in [2.24, 2.45) is 4.99 Å². The van der Waals surface area contributed by atoms with Crippen molar-refractivity contribution in [1.82, 2.24) is 10.2 Å². The summed E-state index contributed by atoms with van der Waals surface area (Å²) in [6, 6.07) is 8.73. The molecule has 1 atom stereocenters. The van der Waals surface area contributed by atoms with Gasteiger partial charge in [0.05, 0.1) is 19.8 Å². The number of anilines is 1. The number of guanidine groups is 1. The molecule has 5 nitrogen and oxygen atoms in total. The molecule has 1 unspecified atom stereocenters. The van der Waals surface area contributed by atoms with E-state index in [0.29, 0.717) is 0 Å². The van der Waals surface area contributed by atoms with Crippen LogP contribution in [-0.4, -0.2) is 56.8 Å². The fourth-order valence-electron chi connectivity index (χ4n) is 3.05. The first kappa shape index (κ1) is 15.7. The molecule has 1 saturated heterocycles. The molecule has 0 saturated carbocycles. The molecular weight excluding hydrogens is 320 g/mol. The van der Waals surface area contributed by atoms with Crippen LogP contribution in [0.25, 0.3) is 0 Å². The largest absolute Gasteiger partial charge is 0.379 e. The molecule has 3 aliphatic heterocycles. The number of hydrogen-bond donors (Lipinski definition) is 3. The predicted molar refractivity (Wildman–Crippen MR) is 102 cm³/mol. The van der Waals surface area contributed by atoms with Gasteiger partial charge in [0, 0.05) is 31.9 Å². The Bertz CT molecular complexity index is 662. The van der Waals surface area contributed by atoms with Gasteiger partial charge in [-0.25, -0.2) is 0 Å². The molecule has 0 aliphatic carbocycles. The summed E-state index contributed by atoms with van der Waals surface area (Å²) in [7, 11) is -0.308. The van der Waals surface area contributed by atoms with E-state index in [2.05, 4.69) is 61.7 Å². The van der Waals surface area contributed by atoms with Gasteiger partial charge in [-0.2, -0.15) is 10.9 Å². The first-order valence-corrected chi connectivity index (χ1v) is 9.98. The van der Waals surface area contributed by atoms with Gasteiger partial charge in [-0.15, -0.1) is 0 Å². The first-order chi connectivity index (χ1) is 11.9. The van der Waals surface area contributed by atoms with Crippen LogP contribution in [0.2, 0.25) is 0 Å². The van der Waals surface area contributed by atoms with Crippen LogP contribution in [-0.2, 0) is 4.74 Å². The molecule has 1 aromatic carbocycles. The third-order valence-electron chi connectivity index (χ3n) is 4.37. The Morgan fingerprint density at radius 2 is 2.04 bits per heavy atom. The Morgan fingerprint density at radius 3 is 2.79 bits per heavy atom. The summed E-state index contributed by atoms with van der Waals surface area (Å²) in [6.45, 7) is 6.63. The van der Waals surface area contributed by atoms with Gasteiger partial charge < -0.3 is 15.4 Å². The van der Waals surface area contributed by atoms with Gasteiger partial charge in [0.25, 0.3) is 0 Å². The van der Waals surface area contributed by atoms with E-state index in [0.717, 1.165) is 57.6 Å². The van der Waals surface area contributed by atoms with Gasteiger partial charge in [0.1, 0.15) is 0 Å². The quantitative estimate of drug-likeness (QED) is 0.733. The summed E-state index contributed by atoms with van der Waals surface area (Å²) in [5.74, 6) is 0.877. The highest BCUT2D eigenvalue weighted by molar-refractivity contribution is 8.22. The first-order valence-electron chi connectivity index (χ1n) is 8.50. The molecule has 0 spiro atoms. The maximum atomic E-state index is 5.42. The molecule has 0 radical (unpaired) electrons. The van der Waals surface area contributed by atoms with E-state index in [1.807, 2.05) is 0 Å². The molecule has 3 aliphatic rings. The average Bonchev–Trinajstić information content (AvgIpc) is 3.29. The van der Waals surface area contributed by atoms with Gasteiger partial charge in [-0.1, -0.05) is 6.08 Å². The maximum absolute atomic E-state index is 5.42. The van der Waals surface area contributed by atoms with E-state index in [1.54, 1.807) is 0 Å². The second-order valence-electron chi connectivity index (χ2n) is 6.14. The number of thiol groups is 1. The standard InChI is InChI=1S/C18H24N4OS/c1-3-17(4-2-16(1)21-18-19-6-7-20-18)24-12-5-15(14-24)13-22-8-10-23-11-9-22/h1-5,12,14,24H,6-11,13H2,(H2,19,20,21). The smallest absolute Gasteiger partial charge is 0.195 e. The zero-order valence-corrected chi connectivity index (χ0v) is 14.6. The van der Waals surface area contributed by atoms with Crippen molar-refractivity contribution in [3.05, 3.63) is 46.7 Å². The number of hydrogen-bond acceptors (Lipinski definition) is 5. The molecular formula is C18H24N4OS. The lowest BCUT2D eigenvalue weighted by Crippen LogP contribution is -2.37. The Balaban J connectivity index is 1.36. The SMILES string of the molecule is C1=C[SH](c2ccc(NC3=NCCN3)cc2)C=C1CN1CCOCC1. The van der Waals surface area contributed by atoms with Crippen LogP contribution in [0.4, 0.5) is 5.69 Å². The summed E-state index contributed by atoms with van der Waals surface area (Å²) in [5, 5.41) is 11.3. The van der Waals surface area contributed by atoms with Crippen molar-refractivity contribution in [1.29, 1.82) is 0 Å². The average molecular weight is 344 g/mol. The fraction of sp³-hybridized carbons (Fsp3) is 0.389. The van der Waals surface area contributed by atoms with E-state index in [9.17, 15) is 0 Å². The maximum Gasteiger partial charge on any atom is 0.195 e. The second kappa shape index (κ2) is 7.42. The Kier molecular flexibility index (Phi) is 4.87. The summed E-state index contributed by atoms with van der Waals surface area (Å²) >= 11 is 0. The summed E-state index contributed by atoms with van der Waals surface area (Å²) in [6.07, 6.45) is 2.30. The zero-order chi connectivity index (χ0) is 16.2. The topological polar surface area (TPSA) is 48.9 Å².